The van der Waals surface area contributed by atoms with Crippen LogP contribution < -0.4 is 4.90 Å². The zero-order valence-corrected chi connectivity index (χ0v) is 35.9. The second-order valence-electron chi connectivity index (χ2n) is 16.9. The summed E-state index contributed by atoms with van der Waals surface area (Å²) in [4.78, 5) is 2.35. The first-order valence-corrected chi connectivity index (χ1v) is 22.3. The molecule has 1 aromatic heterocycles. The first-order chi connectivity index (χ1) is 32.1. The van der Waals surface area contributed by atoms with Crippen molar-refractivity contribution in [2.75, 3.05) is 4.90 Å². The van der Waals surface area contributed by atoms with Crippen molar-refractivity contribution in [3.63, 3.8) is 0 Å². The van der Waals surface area contributed by atoms with Crippen LogP contribution in [0.1, 0.15) is 5.56 Å². The minimum Gasteiger partial charge on any atom is -0.456 e. The molecule has 12 rings (SSSR count). The van der Waals surface area contributed by atoms with Crippen LogP contribution >= 0.6 is 0 Å². The van der Waals surface area contributed by atoms with Crippen molar-refractivity contribution >= 4 is 60.3 Å². The van der Waals surface area contributed by atoms with Gasteiger partial charge in [-0.15, -0.1) is 0 Å². The third-order valence-electron chi connectivity index (χ3n) is 13.1. The lowest BCUT2D eigenvalue weighted by molar-refractivity contribution is 0.629. The van der Waals surface area contributed by atoms with Crippen LogP contribution in [0.2, 0.25) is 0 Å². The molecule has 2 heteroatoms. The van der Waals surface area contributed by atoms with Gasteiger partial charge in [0.25, 0.3) is 0 Å². The maximum atomic E-state index is 6.37. The molecule has 0 bridgehead atoms. The zero-order valence-electron chi connectivity index (χ0n) is 35.9. The van der Waals surface area contributed by atoms with Crippen molar-refractivity contribution in [1.82, 2.24) is 0 Å². The largest absolute Gasteiger partial charge is 0.456 e. The van der Waals surface area contributed by atoms with Gasteiger partial charge in [0, 0.05) is 33.6 Å². The first kappa shape index (κ1) is 38.2. The Hall–Kier alpha value is -8.46. The lowest BCUT2D eigenvalue weighted by Crippen LogP contribution is -2.09. The van der Waals surface area contributed by atoms with E-state index < -0.39 is 0 Å². The number of furan rings is 1. The van der Waals surface area contributed by atoms with Gasteiger partial charge in [0.1, 0.15) is 11.3 Å². The monoisotopic (exact) mass is 829 g/mol. The average molecular weight is 830 g/mol. The highest BCUT2D eigenvalue weighted by Gasteiger charge is 2.17. The van der Waals surface area contributed by atoms with Crippen LogP contribution in [-0.2, 0) is 0 Å². The molecule has 12 aromatic rings. The molecule has 2 nitrogen and oxygen atoms in total. The number of rotatable bonds is 8. The number of fused-ring (bicyclic) bond motifs is 5. The Bertz CT molecular complexity index is 3690. The molecule has 0 aliphatic carbocycles. The fourth-order valence-corrected chi connectivity index (χ4v) is 9.75. The van der Waals surface area contributed by atoms with E-state index in [0.717, 1.165) is 56.0 Å². The fourth-order valence-electron chi connectivity index (χ4n) is 9.75. The molecule has 0 saturated carbocycles. The lowest BCUT2D eigenvalue weighted by Gasteiger charge is -2.26. The van der Waals surface area contributed by atoms with Crippen LogP contribution in [0.15, 0.2) is 247 Å². The van der Waals surface area contributed by atoms with Crippen LogP contribution in [0.25, 0.3) is 99.1 Å². The first-order valence-electron chi connectivity index (χ1n) is 22.3. The number of aryl methyl sites for hydroxylation is 1. The van der Waals surface area contributed by atoms with Gasteiger partial charge < -0.3 is 9.32 Å². The summed E-state index contributed by atoms with van der Waals surface area (Å²) >= 11 is 0. The summed E-state index contributed by atoms with van der Waals surface area (Å²) in [6.07, 6.45) is 0. The average Bonchev–Trinajstić information content (AvgIpc) is 3.72. The quantitative estimate of drug-likeness (QED) is 0.142. The standard InChI is InChI=1S/C63H43NO/c1-42-55-17-8-9-23-62(55)65-63(42)51-16-10-15-49(40-51)45-30-36-53(37-31-45)64(54-38-32-48(33-39-54)61-41-50-13-3-5-19-58(50)59-20-6-7-21-60(59)61)52-34-28-44(29-35-52)43-24-26-47(27-25-43)57-22-11-14-46-12-2-4-18-56(46)57/h2-41H,1H3. The van der Waals surface area contributed by atoms with E-state index in [2.05, 4.69) is 242 Å². The summed E-state index contributed by atoms with van der Waals surface area (Å²) in [6, 6.07) is 87.7. The molecule has 0 unspecified atom stereocenters. The molecule has 0 aliphatic rings. The lowest BCUT2D eigenvalue weighted by atomic mass is 9.93. The second kappa shape index (κ2) is 16.0. The minimum absolute atomic E-state index is 0.913. The van der Waals surface area contributed by atoms with Gasteiger partial charge in [-0.25, -0.2) is 0 Å². The molecular weight excluding hydrogens is 787 g/mol. The second-order valence-corrected chi connectivity index (χ2v) is 16.9. The Kier molecular flexibility index (Phi) is 9.43. The molecule has 0 spiro atoms. The molecule has 0 atom stereocenters. The fraction of sp³-hybridized carbons (Fsp3) is 0.0159. The Morgan fingerprint density at radius 2 is 0.754 bits per heavy atom. The van der Waals surface area contributed by atoms with Crippen LogP contribution in [-0.4, -0.2) is 0 Å². The van der Waals surface area contributed by atoms with Crippen molar-refractivity contribution in [2.24, 2.45) is 0 Å². The van der Waals surface area contributed by atoms with E-state index in [-0.39, 0.29) is 0 Å². The maximum Gasteiger partial charge on any atom is 0.138 e. The SMILES string of the molecule is Cc1c(-c2cccc(-c3ccc(N(c4ccc(-c5ccc(-c6cccc7ccccc67)cc5)cc4)c4ccc(-c5cc6ccccc6c6ccccc56)cc4)cc3)c2)oc2ccccc12. The summed E-state index contributed by atoms with van der Waals surface area (Å²) in [6.45, 7) is 2.14. The molecule has 306 valence electrons. The number of anilines is 3. The molecule has 1 heterocycles. The van der Waals surface area contributed by atoms with Gasteiger partial charge in [0.05, 0.1) is 0 Å². The molecule has 0 radical (unpaired) electrons. The number of benzene rings is 11. The van der Waals surface area contributed by atoms with Gasteiger partial charge in [0.2, 0.25) is 0 Å². The van der Waals surface area contributed by atoms with E-state index >= 15 is 0 Å². The van der Waals surface area contributed by atoms with Crippen molar-refractivity contribution in [3.8, 4) is 55.8 Å². The van der Waals surface area contributed by atoms with E-state index in [1.807, 2.05) is 12.1 Å². The van der Waals surface area contributed by atoms with E-state index in [1.165, 1.54) is 65.7 Å². The summed E-state index contributed by atoms with van der Waals surface area (Å²) in [7, 11) is 0. The Balaban J connectivity index is 0.902. The van der Waals surface area contributed by atoms with E-state index in [0.29, 0.717) is 0 Å². The molecule has 65 heavy (non-hydrogen) atoms. The topological polar surface area (TPSA) is 16.4 Å². The highest BCUT2D eigenvalue weighted by atomic mass is 16.3. The van der Waals surface area contributed by atoms with Gasteiger partial charge in [-0.1, -0.05) is 188 Å². The predicted octanol–water partition coefficient (Wildman–Crippen LogP) is 18.0. The third-order valence-corrected chi connectivity index (χ3v) is 13.1. The van der Waals surface area contributed by atoms with Gasteiger partial charge in [-0.05, 0) is 138 Å². The molecule has 0 fully saturated rings. The van der Waals surface area contributed by atoms with Crippen LogP contribution in [0.3, 0.4) is 0 Å². The number of hydrogen-bond acceptors (Lipinski definition) is 2. The predicted molar refractivity (Wildman–Crippen MR) is 275 cm³/mol. The van der Waals surface area contributed by atoms with Gasteiger partial charge >= 0.3 is 0 Å². The maximum absolute atomic E-state index is 6.37. The van der Waals surface area contributed by atoms with Crippen molar-refractivity contribution in [1.29, 1.82) is 0 Å². The molecule has 0 saturated heterocycles. The smallest absolute Gasteiger partial charge is 0.138 e. The Labute approximate surface area is 378 Å². The highest BCUT2D eigenvalue weighted by Crippen LogP contribution is 2.41. The number of hydrogen-bond donors (Lipinski definition) is 0. The van der Waals surface area contributed by atoms with Crippen molar-refractivity contribution < 1.29 is 4.42 Å². The zero-order chi connectivity index (χ0) is 43.3. The third kappa shape index (κ3) is 6.93. The summed E-state index contributed by atoms with van der Waals surface area (Å²) < 4.78 is 6.37. The van der Waals surface area contributed by atoms with Crippen LogP contribution in [0.5, 0.6) is 0 Å². The Morgan fingerprint density at radius 3 is 1.43 bits per heavy atom. The summed E-state index contributed by atoms with van der Waals surface area (Å²) in [5, 5.41) is 8.72. The molecule has 0 amide bonds. The minimum atomic E-state index is 0.913. The highest BCUT2D eigenvalue weighted by molar-refractivity contribution is 6.13. The van der Waals surface area contributed by atoms with Gasteiger partial charge in [-0.3, -0.25) is 0 Å². The van der Waals surface area contributed by atoms with Crippen LogP contribution in [0.4, 0.5) is 17.1 Å². The van der Waals surface area contributed by atoms with E-state index in [1.54, 1.807) is 0 Å². The molecule has 11 aromatic carbocycles. The molecular formula is C63H43NO. The van der Waals surface area contributed by atoms with Gasteiger partial charge in [0.15, 0.2) is 0 Å². The Morgan fingerprint density at radius 1 is 0.292 bits per heavy atom. The molecule has 0 N–H and O–H groups in total. The van der Waals surface area contributed by atoms with Crippen molar-refractivity contribution in [2.45, 2.75) is 6.92 Å². The van der Waals surface area contributed by atoms with E-state index in [4.69, 9.17) is 4.42 Å². The van der Waals surface area contributed by atoms with Crippen LogP contribution in [0, 0.1) is 6.92 Å². The van der Waals surface area contributed by atoms with E-state index in [9.17, 15) is 0 Å². The van der Waals surface area contributed by atoms with Gasteiger partial charge in [-0.2, -0.15) is 0 Å². The molecule has 0 aliphatic heterocycles. The van der Waals surface area contributed by atoms with Crippen molar-refractivity contribution in [3.05, 3.63) is 248 Å². The number of nitrogens with zero attached hydrogens (tertiary/aromatic N) is 1. The summed E-state index contributed by atoms with van der Waals surface area (Å²) in [5.41, 5.74) is 15.9. The summed E-state index contributed by atoms with van der Waals surface area (Å²) in [5.74, 6) is 0.917. The number of para-hydroxylation sites is 1. The normalized spacial score (nSPS) is 11.5.